The van der Waals surface area contributed by atoms with Crippen LogP contribution in [-0.4, -0.2) is 56.1 Å². The van der Waals surface area contributed by atoms with Gasteiger partial charge in [0.15, 0.2) is 12.4 Å². The highest BCUT2D eigenvalue weighted by Crippen LogP contribution is 2.22. The van der Waals surface area contributed by atoms with Crippen molar-refractivity contribution in [3.05, 3.63) is 48.4 Å². The Morgan fingerprint density at radius 1 is 1.19 bits per heavy atom. The zero-order valence-electron chi connectivity index (χ0n) is 16.0. The number of ether oxygens (including phenoxy) is 1. The summed E-state index contributed by atoms with van der Waals surface area (Å²) in [7, 11) is -4.74. The van der Waals surface area contributed by atoms with Crippen LogP contribution < -0.4 is 5.32 Å². The maximum atomic E-state index is 12.5. The molecule has 1 N–H and O–H groups in total. The van der Waals surface area contributed by atoms with E-state index in [0.29, 0.717) is 19.4 Å². The van der Waals surface area contributed by atoms with E-state index in [-0.39, 0.29) is 11.4 Å². The number of alkyl halides is 2. The zero-order chi connectivity index (χ0) is 22.6. The van der Waals surface area contributed by atoms with E-state index in [9.17, 15) is 31.6 Å². The van der Waals surface area contributed by atoms with Gasteiger partial charge < -0.3 is 19.4 Å². The summed E-state index contributed by atoms with van der Waals surface area (Å²) in [6.07, 6.45) is 2.32. The number of carbonyl (C=O) groups excluding carboxylic acids is 3. The lowest BCUT2D eigenvalue weighted by Gasteiger charge is -2.22. The van der Waals surface area contributed by atoms with E-state index in [4.69, 9.17) is 9.15 Å². The molecule has 1 fully saturated rings. The molecule has 0 spiro atoms. The molecule has 9 nitrogen and oxygen atoms in total. The second kappa shape index (κ2) is 9.25. The number of sulfone groups is 1. The van der Waals surface area contributed by atoms with Gasteiger partial charge in [0.1, 0.15) is 6.04 Å². The maximum absolute atomic E-state index is 12.5. The van der Waals surface area contributed by atoms with Crippen LogP contribution in [0.3, 0.4) is 0 Å². The van der Waals surface area contributed by atoms with Crippen molar-refractivity contribution in [1.29, 1.82) is 0 Å². The van der Waals surface area contributed by atoms with Crippen molar-refractivity contribution in [2.45, 2.75) is 29.5 Å². The third kappa shape index (κ3) is 5.08. The molecule has 2 amide bonds. The van der Waals surface area contributed by atoms with Crippen LogP contribution in [0.25, 0.3) is 0 Å². The van der Waals surface area contributed by atoms with Crippen molar-refractivity contribution < 1.29 is 40.7 Å². The summed E-state index contributed by atoms with van der Waals surface area (Å²) in [4.78, 5) is 37.5. The topological polar surface area (TPSA) is 123 Å². The molecule has 166 valence electrons. The summed E-state index contributed by atoms with van der Waals surface area (Å²) in [5.74, 6) is -5.38. The SMILES string of the molecule is O=C(COC(=O)[C@@H]1CCCN1C(=O)c1ccco1)Nc1ccc(S(=O)(=O)C(F)F)cc1. The standard InChI is InChI=1S/C19H18F2N2O7S/c20-19(21)31(27,28)13-7-5-12(6-8-13)22-16(24)11-30-18(26)14-3-1-9-23(14)17(25)15-4-2-10-29-15/h2,4-8,10,14,19H,1,3,9,11H2,(H,22,24)/t14-/m0/s1. The van der Waals surface area contributed by atoms with Gasteiger partial charge in [-0.15, -0.1) is 0 Å². The number of amides is 2. The quantitative estimate of drug-likeness (QED) is 0.633. The fourth-order valence-electron chi connectivity index (χ4n) is 3.06. The number of anilines is 1. The number of nitrogens with zero attached hydrogens (tertiary/aromatic N) is 1. The average molecular weight is 456 g/mol. The third-order valence-corrected chi connectivity index (χ3v) is 5.96. The smallest absolute Gasteiger partial charge is 0.341 e. The van der Waals surface area contributed by atoms with Crippen LogP contribution in [0.1, 0.15) is 23.4 Å². The van der Waals surface area contributed by atoms with Gasteiger partial charge >= 0.3 is 11.7 Å². The summed E-state index contributed by atoms with van der Waals surface area (Å²) >= 11 is 0. The molecule has 0 bridgehead atoms. The Hall–Kier alpha value is -3.28. The molecule has 0 saturated carbocycles. The first-order chi connectivity index (χ1) is 14.7. The molecule has 3 rings (SSSR count). The van der Waals surface area contributed by atoms with E-state index in [1.165, 1.54) is 17.2 Å². The molecule has 1 aromatic heterocycles. The number of rotatable bonds is 7. The number of benzene rings is 1. The number of esters is 1. The van der Waals surface area contributed by atoms with Gasteiger partial charge in [0.25, 0.3) is 11.8 Å². The lowest BCUT2D eigenvalue weighted by molar-refractivity contribution is -0.151. The molecule has 2 heterocycles. The number of hydrogen-bond donors (Lipinski definition) is 1. The van der Waals surface area contributed by atoms with Crippen LogP contribution in [0, 0.1) is 0 Å². The summed E-state index contributed by atoms with van der Waals surface area (Å²) in [5.41, 5.74) is 0.129. The van der Waals surface area contributed by atoms with Gasteiger partial charge in [0.05, 0.1) is 11.2 Å². The van der Waals surface area contributed by atoms with Gasteiger partial charge in [0, 0.05) is 12.2 Å². The van der Waals surface area contributed by atoms with E-state index in [2.05, 4.69) is 5.32 Å². The number of hydrogen-bond acceptors (Lipinski definition) is 7. The molecule has 1 aliphatic heterocycles. The molecule has 1 aromatic carbocycles. The first-order valence-electron chi connectivity index (χ1n) is 9.13. The molecule has 12 heteroatoms. The minimum Gasteiger partial charge on any atom is -0.459 e. The van der Waals surface area contributed by atoms with E-state index < -0.39 is 50.9 Å². The van der Waals surface area contributed by atoms with Gasteiger partial charge in [-0.2, -0.15) is 8.78 Å². The maximum Gasteiger partial charge on any atom is 0.341 e. The highest BCUT2D eigenvalue weighted by Gasteiger charge is 2.36. The summed E-state index contributed by atoms with van der Waals surface area (Å²) in [5, 5.41) is 2.36. The average Bonchev–Trinajstić information content (AvgIpc) is 3.44. The Kier molecular flexibility index (Phi) is 6.68. The van der Waals surface area contributed by atoms with Crippen molar-refractivity contribution in [1.82, 2.24) is 4.90 Å². The summed E-state index contributed by atoms with van der Waals surface area (Å²) in [6, 6.07) is 6.32. The molecule has 31 heavy (non-hydrogen) atoms. The first kappa shape index (κ1) is 22.4. The predicted molar refractivity (Wildman–Crippen MR) is 102 cm³/mol. The minimum absolute atomic E-state index is 0.0924. The van der Waals surface area contributed by atoms with Crippen LogP contribution in [0.5, 0.6) is 0 Å². The Bertz CT molecular complexity index is 1050. The van der Waals surface area contributed by atoms with Crippen LogP contribution in [0.2, 0.25) is 0 Å². The van der Waals surface area contributed by atoms with Gasteiger partial charge in [-0.1, -0.05) is 0 Å². The monoisotopic (exact) mass is 456 g/mol. The molecule has 1 atom stereocenters. The lowest BCUT2D eigenvalue weighted by atomic mass is 10.2. The van der Waals surface area contributed by atoms with Crippen LogP contribution in [0.15, 0.2) is 52.0 Å². The molecule has 0 unspecified atom stereocenters. The summed E-state index contributed by atoms with van der Waals surface area (Å²) in [6.45, 7) is -0.297. The van der Waals surface area contributed by atoms with Crippen molar-refractivity contribution in [3.8, 4) is 0 Å². The zero-order valence-corrected chi connectivity index (χ0v) is 16.8. The molecule has 2 aromatic rings. The normalized spacial score (nSPS) is 16.4. The van der Waals surface area contributed by atoms with E-state index in [1.54, 1.807) is 6.07 Å². The fourth-order valence-corrected chi connectivity index (χ4v) is 3.78. The third-order valence-electron chi connectivity index (χ3n) is 4.56. The predicted octanol–water partition coefficient (Wildman–Crippen LogP) is 2.06. The second-order valence-corrected chi connectivity index (χ2v) is 8.54. The van der Waals surface area contributed by atoms with Crippen molar-refractivity contribution >= 4 is 33.3 Å². The molecule has 1 aliphatic rings. The van der Waals surface area contributed by atoms with Crippen LogP contribution >= 0.6 is 0 Å². The Morgan fingerprint density at radius 3 is 2.52 bits per heavy atom. The molecule has 0 aliphatic carbocycles. The van der Waals surface area contributed by atoms with Gasteiger partial charge in [-0.25, -0.2) is 13.2 Å². The number of likely N-dealkylation sites (tertiary alicyclic amines) is 1. The van der Waals surface area contributed by atoms with E-state index in [0.717, 1.165) is 24.3 Å². The number of furan rings is 1. The minimum atomic E-state index is -4.74. The Balaban J connectivity index is 1.53. The largest absolute Gasteiger partial charge is 0.459 e. The number of halogens is 2. The van der Waals surface area contributed by atoms with E-state index in [1.807, 2.05) is 0 Å². The highest BCUT2D eigenvalue weighted by molar-refractivity contribution is 7.91. The van der Waals surface area contributed by atoms with Crippen LogP contribution in [-0.2, 0) is 24.2 Å². The van der Waals surface area contributed by atoms with E-state index >= 15 is 0 Å². The van der Waals surface area contributed by atoms with Gasteiger partial charge in [-0.3, -0.25) is 9.59 Å². The second-order valence-electron chi connectivity index (χ2n) is 6.62. The molecule has 1 saturated heterocycles. The highest BCUT2D eigenvalue weighted by atomic mass is 32.2. The molecule has 0 radical (unpaired) electrons. The van der Waals surface area contributed by atoms with Crippen LogP contribution in [0.4, 0.5) is 14.5 Å². The lowest BCUT2D eigenvalue weighted by Crippen LogP contribution is -2.42. The fraction of sp³-hybridized carbons (Fsp3) is 0.316. The Labute approximate surface area is 175 Å². The number of nitrogens with one attached hydrogen (secondary N) is 1. The van der Waals surface area contributed by atoms with Crippen molar-refractivity contribution in [2.75, 3.05) is 18.5 Å². The molecular formula is C19H18F2N2O7S. The Morgan fingerprint density at radius 2 is 1.90 bits per heavy atom. The first-order valence-corrected chi connectivity index (χ1v) is 10.7. The van der Waals surface area contributed by atoms with Gasteiger partial charge in [-0.05, 0) is 49.2 Å². The summed E-state index contributed by atoms with van der Waals surface area (Å²) < 4.78 is 57.9. The van der Waals surface area contributed by atoms with Crippen molar-refractivity contribution in [2.24, 2.45) is 0 Å². The van der Waals surface area contributed by atoms with Crippen molar-refractivity contribution in [3.63, 3.8) is 0 Å². The molecular weight excluding hydrogens is 438 g/mol. The number of carbonyl (C=O) groups is 3. The van der Waals surface area contributed by atoms with Gasteiger partial charge in [0.2, 0.25) is 9.84 Å².